The summed E-state index contributed by atoms with van der Waals surface area (Å²) in [6, 6.07) is 15.6. The first-order valence-corrected chi connectivity index (χ1v) is 9.68. The lowest BCUT2D eigenvalue weighted by atomic mass is 10.1. The van der Waals surface area contributed by atoms with Crippen LogP contribution in [0.1, 0.15) is 15.9 Å². The number of pyridine rings is 2. The fraction of sp³-hybridized carbons (Fsp3) is 0.0455. The van der Waals surface area contributed by atoms with Gasteiger partial charge in [-0.1, -0.05) is 41.4 Å². The number of rotatable bonds is 4. The second-order valence-corrected chi connectivity index (χ2v) is 7.38. The maximum atomic E-state index is 14.2. The minimum Gasteiger partial charge on any atom is -0.320 e. The summed E-state index contributed by atoms with van der Waals surface area (Å²) in [6.45, 7) is -0.0676. The number of carbonyl (C=O) groups is 1. The Morgan fingerprint density at radius 2 is 1.87 bits per heavy atom. The Labute approximate surface area is 180 Å². The van der Waals surface area contributed by atoms with Crippen molar-refractivity contribution < 1.29 is 9.18 Å². The van der Waals surface area contributed by atoms with Crippen LogP contribution in [0.2, 0.25) is 10.0 Å². The van der Waals surface area contributed by atoms with Crippen molar-refractivity contribution in [3.63, 3.8) is 0 Å². The Hall–Kier alpha value is -3.22. The molecule has 5 nitrogen and oxygen atoms in total. The van der Waals surface area contributed by atoms with Crippen LogP contribution < -0.4 is 10.9 Å². The molecule has 0 fully saturated rings. The van der Waals surface area contributed by atoms with E-state index in [1.807, 2.05) is 0 Å². The fourth-order valence-electron chi connectivity index (χ4n) is 3.09. The predicted octanol–water partition coefficient (Wildman–Crippen LogP) is 5.14. The smallest absolute Gasteiger partial charge is 0.265 e. The molecule has 0 aliphatic carbocycles. The van der Waals surface area contributed by atoms with E-state index in [-0.39, 0.29) is 17.1 Å². The summed E-state index contributed by atoms with van der Waals surface area (Å²) < 4.78 is 15.5. The normalized spacial score (nSPS) is 10.9. The van der Waals surface area contributed by atoms with Gasteiger partial charge < -0.3 is 5.32 Å². The zero-order valence-electron chi connectivity index (χ0n) is 15.4. The van der Waals surface area contributed by atoms with E-state index in [2.05, 4.69) is 10.3 Å². The Morgan fingerprint density at radius 1 is 1.07 bits per heavy atom. The number of fused-ring (bicyclic) bond motifs is 1. The molecule has 4 rings (SSSR count). The molecule has 4 aromatic rings. The van der Waals surface area contributed by atoms with E-state index in [1.54, 1.807) is 42.5 Å². The van der Waals surface area contributed by atoms with Gasteiger partial charge in [0.05, 0.1) is 17.3 Å². The molecule has 30 heavy (non-hydrogen) atoms. The number of benzene rings is 2. The van der Waals surface area contributed by atoms with Crippen LogP contribution >= 0.6 is 23.2 Å². The first-order chi connectivity index (χ1) is 14.4. The summed E-state index contributed by atoms with van der Waals surface area (Å²) in [6.07, 6.45) is 1.53. The van der Waals surface area contributed by atoms with Crippen molar-refractivity contribution in [2.24, 2.45) is 0 Å². The van der Waals surface area contributed by atoms with E-state index in [0.29, 0.717) is 27.3 Å². The summed E-state index contributed by atoms with van der Waals surface area (Å²) in [7, 11) is 0. The number of halogens is 3. The van der Waals surface area contributed by atoms with E-state index in [9.17, 15) is 14.0 Å². The second kappa shape index (κ2) is 8.26. The average molecular weight is 442 g/mol. The van der Waals surface area contributed by atoms with Gasteiger partial charge in [0.1, 0.15) is 17.0 Å². The fourth-order valence-corrected chi connectivity index (χ4v) is 3.55. The molecule has 0 spiro atoms. The van der Waals surface area contributed by atoms with E-state index >= 15 is 0 Å². The summed E-state index contributed by atoms with van der Waals surface area (Å²) in [5.74, 6) is -1.09. The lowest BCUT2D eigenvalue weighted by molar-refractivity contribution is 0.102. The van der Waals surface area contributed by atoms with Crippen LogP contribution in [-0.4, -0.2) is 15.5 Å². The van der Waals surface area contributed by atoms with Crippen molar-refractivity contribution in [1.82, 2.24) is 9.55 Å². The molecule has 8 heteroatoms. The molecule has 0 aliphatic heterocycles. The van der Waals surface area contributed by atoms with Gasteiger partial charge >= 0.3 is 0 Å². The number of hydrogen-bond donors (Lipinski definition) is 1. The first-order valence-electron chi connectivity index (χ1n) is 8.92. The molecule has 0 radical (unpaired) electrons. The first kappa shape index (κ1) is 20.1. The Morgan fingerprint density at radius 3 is 2.63 bits per heavy atom. The molecule has 1 amide bonds. The minimum absolute atomic E-state index is 0.0676. The Kier molecular flexibility index (Phi) is 5.53. The Bertz CT molecular complexity index is 1340. The molecule has 0 unspecified atom stereocenters. The zero-order valence-corrected chi connectivity index (χ0v) is 16.9. The molecule has 0 saturated heterocycles. The topological polar surface area (TPSA) is 64.0 Å². The third-order valence-electron chi connectivity index (χ3n) is 4.56. The maximum absolute atomic E-state index is 14.2. The van der Waals surface area contributed by atoms with Crippen LogP contribution in [-0.2, 0) is 6.54 Å². The maximum Gasteiger partial charge on any atom is 0.265 e. The average Bonchev–Trinajstić information content (AvgIpc) is 2.73. The number of aromatic nitrogens is 2. The number of carbonyl (C=O) groups excluding carboxylic acids is 1. The van der Waals surface area contributed by atoms with Crippen LogP contribution in [0.15, 0.2) is 71.7 Å². The molecule has 2 aromatic heterocycles. The molecule has 0 aliphatic rings. The van der Waals surface area contributed by atoms with Gasteiger partial charge in [-0.3, -0.25) is 14.2 Å². The van der Waals surface area contributed by atoms with Crippen molar-refractivity contribution in [2.45, 2.75) is 6.54 Å². The third kappa shape index (κ3) is 3.92. The quantitative estimate of drug-likeness (QED) is 0.476. The molecular formula is C22H14Cl2FN3O2. The lowest BCUT2D eigenvalue weighted by Gasteiger charge is -2.13. The highest BCUT2D eigenvalue weighted by Crippen LogP contribution is 2.26. The van der Waals surface area contributed by atoms with Gasteiger partial charge in [-0.25, -0.2) is 9.37 Å². The molecule has 2 aromatic carbocycles. The Balaban J connectivity index is 1.81. The number of nitrogens with zero attached hydrogens (tertiary/aromatic N) is 2. The highest BCUT2D eigenvalue weighted by atomic mass is 35.5. The molecule has 0 bridgehead atoms. The van der Waals surface area contributed by atoms with Gasteiger partial charge in [0.25, 0.3) is 11.5 Å². The van der Waals surface area contributed by atoms with E-state index in [0.717, 1.165) is 0 Å². The summed E-state index contributed by atoms with van der Waals surface area (Å²) in [5.41, 5.74) is 0.277. The van der Waals surface area contributed by atoms with Gasteiger partial charge in [-0.05, 0) is 42.5 Å². The zero-order chi connectivity index (χ0) is 21.3. The van der Waals surface area contributed by atoms with Gasteiger partial charge in [0.15, 0.2) is 0 Å². The highest BCUT2D eigenvalue weighted by Gasteiger charge is 2.18. The van der Waals surface area contributed by atoms with Crippen molar-refractivity contribution in [2.75, 3.05) is 5.32 Å². The molecule has 150 valence electrons. The van der Waals surface area contributed by atoms with E-state index in [1.165, 1.54) is 29.0 Å². The van der Waals surface area contributed by atoms with Crippen molar-refractivity contribution in [3.8, 4) is 0 Å². The summed E-state index contributed by atoms with van der Waals surface area (Å²) in [4.78, 5) is 30.3. The van der Waals surface area contributed by atoms with Crippen LogP contribution in [0.25, 0.3) is 11.0 Å². The standard InChI is InChI=1S/C22H14Cl2FN3O2/c23-15-7-8-19(17(24)11-15)27-21(29)16-10-13-5-3-9-26-20(13)28(22(16)30)12-14-4-1-2-6-18(14)25/h1-11H,12H2,(H,27,29). The summed E-state index contributed by atoms with van der Waals surface area (Å²) in [5, 5.41) is 3.85. The van der Waals surface area contributed by atoms with Crippen LogP contribution in [0.5, 0.6) is 0 Å². The van der Waals surface area contributed by atoms with Crippen molar-refractivity contribution in [3.05, 3.63) is 104 Å². The van der Waals surface area contributed by atoms with Crippen molar-refractivity contribution >= 4 is 45.8 Å². The second-order valence-electron chi connectivity index (χ2n) is 6.54. The molecule has 0 atom stereocenters. The van der Waals surface area contributed by atoms with Gasteiger partial charge in [0.2, 0.25) is 0 Å². The SMILES string of the molecule is O=C(Nc1ccc(Cl)cc1Cl)c1cc2cccnc2n(Cc2ccccc2F)c1=O. The number of anilines is 1. The van der Waals surface area contributed by atoms with Crippen LogP contribution in [0.3, 0.4) is 0 Å². The summed E-state index contributed by atoms with van der Waals surface area (Å²) >= 11 is 12.0. The highest BCUT2D eigenvalue weighted by molar-refractivity contribution is 6.36. The van der Waals surface area contributed by atoms with E-state index in [4.69, 9.17) is 23.2 Å². The molecular weight excluding hydrogens is 428 g/mol. The van der Waals surface area contributed by atoms with Gasteiger partial charge in [0, 0.05) is 22.2 Å². The van der Waals surface area contributed by atoms with E-state index < -0.39 is 17.3 Å². The van der Waals surface area contributed by atoms with Crippen LogP contribution in [0.4, 0.5) is 10.1 Å². The largest absolute Gasteiger partial charge is 0.320 e. The minimum atomic E-state index is -0.641. The van der Waals surface area contributed by atoms with Gasteiger partial charge in [-0.2, -0.15) is 0 Å². The molecule has 0 saturated carbocycles. The molecule has 1 N–H and O–H groups in total. The lowest BCUT2D eigenvalue weighted by Crippen LogP contribution is -2.30. The van der Waals surface area contributed by atoms with Gasteiger partial charge in [-0.15, -0.1) is 0 Å². The van der Waals surface area contributed by atoms with Crippen LogP contribution in [0, 0.1) is 5.82 Å². The number of nitrogens with one attached hydrogen (secondary N) is 1. The third-order valence-corrected chi connectivity index (χ3v) is 5.11. The number of amides is 1. The molecule has 2 heterocycles. The predicted molar refractivity (Wildman–Crippen MR) is 116 cm³/mol. The van der Waals surface area contributed by atoms with Crippen molar-refractivity contribution in [1.29, 1.82) is 0 Å². The monoisotopic (exact) mass is 441 g/mol. The number of hydrogen-bond acceptors (Lipinski definition) is 3.